The first kappa shape index (κ1) is 13.0. The lowest BCUT2D eigenvalue weighted by Crippen LogP contribution is -2.23. The van der Waals surface area contributed by atoms with Gasteiger partial charge >= 0.3 is 0 Å². The maximum absolute atomic E-state index is 5.84. The highest BCUT2D eigenvalue weighted by molar-refractivity contribution is 6.30. The normalized spacial score (nSPS) is 11.2. The summed E-state index contributed by atoms with van der Waals surface area (Å²) in [6.07, 6.45) is 3.26. The van der Waals surface area contributed by atoms with Crippen LogP contribution in [0.25, 0.3) is 5.95 Å². The van der Waals surface area contributed by atoms with E-state index in [4.69, 9.17) is 11.6 Å². The molecule has 0 aliphatic rings. The van der Waals surface area contributed by atoms with Gasteiger partial charge in [0, 0.05) is 18.3 Å². The Hall–Kier alpha value is -1.46. The van der Waals surface area contributed by atoms with E-state index in [9.17, 15) is 0 Å². The Morgan fingerprint density at radius 3 is 2.78 bits per heavy atom. The Bertz CT molecular complexity index is 535. The summed E-state index contributed by atoms with van der Waals surface area (Å²) < 4.78 is 1.58. The van der Waals surface area contributed by atoms with Gasteiger partial charge in [0.2, 0.25) is 0 Å². The van der Waals surface area contributed by atoms with Crippen molar-refractivity contribution >= 4 is 11.6 Å². The Morgan fingerprint density at radius 1 is 1.39 bits per heavy atom. The third-order valence-electron chi connectivity index (χ3n) is 2.34. The summed E-state index contributed by atoms with van der Waals surface area (Å²) in [5, 5.41) is 8.00. The van der Waals surface area contributed by atoms with Crippen LogP contribution < -0.4 is 5.32 Å². The molecule has 96 valence electrons. The number of aryl methyl sites for hydroxylation is 1. The van der Waals surface area contributed by atoms with Crippen LogP contribution in [-0.2, 0) is 6.54 Å². The van der Waals surface area contributed by atoms with E-state index >= 15 is 0 Å². The van der Waals surface area contributed by atoms with Gasteiger partial charge < -0.3 is 5.32 Å². The van der Waals surface area contributed by atoms with Crippen molar-refractivity contribution in [3.8, 4) is 5.95 Å². The fourth-order valence-corrected chi connectivity index (χ4v) is 1.66. The molecule has 0 aliphatic carbocycles. The van der Waals surface area contributed by atoms with E-state index in [1.54, 1.807) is 17.1 Å². The summed E-state index contributed by atoms with van der Waals surface area (Å²) in [4.78, 5) is 8.80. The highest BCUT2D eigenvalue weighted by Crippen LogP contribution is 2.10. The predicted molar refractivity (Wildman–Crippen MR) is 70.9 cm³/mol. The maximum Gasteiger partial charge on any atom is 0.251 e. The number of halogens is 1. The summed E-state index contributed by atoms with van der Waals surface area (Å²) in [6, 6.07) is 2.38. The molecule has 6 heteroatoms. The van der Waals surface area contributed by atoms with Crippen molar-refractivity contribution in [1.82, 2.24) is 25.1 Å². The smallest absolute Gasteiger partial charge is 0.251 e. The van der Waals surface area contributed by atoms with E-state index < -0.39 is 0 Å². The molecule has 0 bridgehead atoms. The van der Waals surface area contributed by atoms with E-state index in [0.717, 1.165) is 11.4 Å². The van der Waals surface area contributed by atoms with Gasteiger partial charge in [0.05, 0.1) is 23.1 Å². The van der Waals surface area contributed by atoms with E-state index in [0.29, 0.717) is 23.6 Å². The second-order valence-corrected chi connectivity index (χ2v) is 4.88. The van der Waals surface area contributed by atoms with E-state index in [1.807, 2.05) is 13.0 Å². The average Bonchev–Trinajstić information content (AvgIpc) is 2.72. The topological polar surface area (TPSA) is 55.6 Å². The first-order valence-electron chi connectivity index (χ1n) is 5.83. The molecule has 0 fully saturated rings. The largest absolute Gasteiger partial charge is 0.309 e. The number of hydrogen-bond donors (Lipinski definition) is 1. The van der Waals surface area contributed by atoms with Crippen LogP contribution in [-0.4, -0.2) is 25.8 Å². The van der Waals surface area contributed by atoms with Crippen LogP contribution in [0.4, 0.5) is 0 Å². The van der Waals surface area contributed by atoms with Crippen molar-refractivity contribution in [1.29, 1.82) is 0 Å². The van der Waals surface area contributed by atoms with Crippen LogP contribution in [0.15, 0.2) is 18.5 Å². The average molecular weight is 266 g/mol. The van der Waals surface area contributed by atoms with E-state index in [1.165, 1.54) is 0 Å². The zero-order valence-electron chi connectivity index (χ0n) is 10.7. The molecule has 2 aromatic rings. The molecule has 2 aromatic heterocycles. The SMILES string of the molecule is Cc1cc(CNC(C)C)nc(-n2cc(Cl)cn2)n1. The highest BCUT2D eigenvalue weighted by atomic mass is 35.5. The van der Waals surface area contributed by atoms with Crippen LogP contribution in [0, 0.1) is 6.92 Å². The lowest BCUT2D eigenvalue weighted by Gasteiger charge is -2.09. The summed E-state index contributed by atoms with van der Waals surface area (Å²) in [5.41, 5.74) is 1.85. The molecular formula is C12H16ClN5. The minimum absolute atomic E-state index is 0.419. The minimum Gasteiger partial charge on any atom is -0.309 e. The Labute approximate surface area is 111 Å². The van der Waals surface area contributed by atoms with Crippen LogP contribution >= 0.6 is 11.6 Å². The van der Waals surface area contributed by atoms with Crippen molar-refractivity contribution in [3.05, 3.63) is 34.9 Å². The third kappa shape index (κ3) is 3.27. The fraction of sp³-hybridized carbons (Fsp3) is 0.417. The summed E-state index contributed by atoms with van der Waals surface area (Å²) >= 11 is 5.84. The predicted octanol–water partition coefficient (Wildman–Crippen LogP) is 2.12. The molecule has 0 saturated carbocycles. The second kappa shape index (κ2) is 5.46. The molecule has 1 N–H and O–H groups in total. The standard InChI is InChI=1S/C12H16ClN5/c1-8(2)14-6-11-4-9(3)16-12(17-11)18-7-10(13)5-15-18/h4-5,7-8,14H,6H2,1-3H3. The molecule has 5 nitrogen and oxygen atoms in total. The monoisotopic (exact) mass is 265 g/mol. The zero-order chi connectivity index (χ0) is 13.1. The first-order chi connectivity index (χ1) is 8.54. The van der Waals surface area contributed by atoms with E-state index in [2.05, 4.69) is 34.2 Å². The Morgan fingerprint density at radius 2 is 2.17 bits per heavy atom. The van der Waals surface area contributed by atoms with Gasteiger partial charge in [0.15, 0.2) is 0 Å². The molecule has 2 heterocycles. The molecule has 0 atom stereocenters. The molecule has 18 heavy (non-hydrogen) atoms. The third-order valence-corrected chi connectivity index (χ3v) is 2.54. The maximum atomic E-state index is 5.84. The molecule has 0 unspecified atom stereocenters. The van der Waals surface area contributed by atoms with E-state index in [-0.39, 0.29) is 0 Å². The van der Waals surface area contributed by atoms with Gasteiger partial charge in [-0.2, -0.15) is 5.10 Å². The molecule has 0 aliphatic heterocycles. The van der Waals surface area contributed by atoms with Crippen LogP contribution in [0.1, 0.15) is 25.2 Å². The molecule has 0 saturated heterocycles. The summed E-state index contributed by atoms with van der Waals surface area (Å²) in [6.45, 7) is 6.85. The van der Waals surface area contributed by atoms with Gasteiger partial charge in [-0.05, 0) is 13.0 Å². The molecule has 0 amide bonds. The Kier molecular flexibility index (Phi) is 3.93. The summed E-state index contributed by atoms with van der Waals surface area (Å²) in [7, 11) is 0. The minimum atomic E-state index is 0.419. The molecule has 0 radical (unpaired) electrons. The van der Waals surface area contributed by atoms with Crippen molar-refractivity contribution < 1.29 is 0 Å². The quantitative estimate of drug-likeness (QED) is 0.920. The number of aromatic nitrogens is 4. The number of nitrogens with zero attached hydrogens (tertiary/aromatic N) is 4. The van der Waals surface area contributed by atoms with Crippen molar-refractivity contribution in [2.45, 2.75) is 33.4 Å². The van der Waals surface area contributed by atoms with Gasteiger partial charge in [-0.25, -0.2) is 14.6 Å². The van der Waals surface area contributed by atoms with Crippen molar-refractivity contribution in [3.63, 3.8) is 0 Å². The van der Waals surface area contributed by atoms with Crippen molar-refractivity contribution in [2.24, 2.45) is 0 Å². The van der Waals surface area contributed by atoms with Crippen LogP contribution in [0.3, 0.4) is 0 Å². The van der Waals surface area contributed by atoms with Gasteiger partial charge in [-0.1, -0.05) is 25.4 Å². The van der Waals surface area contributed by atoms with Gasteiger partial charge in [-0.15, -0.1) is 0 Å². The lowest BCUT2D eigenvalue weighted by molar-refractivity contribution is 0.578. The van der Waals surface area contributed by atoms with Gasteiger partial charge in [0.1, 0.15) is 0 Å². The molecule has 2 rings (SSSR count). The first-order valence-corrected chi connectivity index (χ1v) is 6.21. The number of nitrogens with one attached hydrogen (secondary N) is 1. The van der Waals surface area contributed by atoms with Crippen LogP contribution in [0.2, 0.25) is 5.02 Å². The van der Waals surface area contributed by atoms with Gasteiger partial charge in [0.25, 0.3) is 5.95 Å². The van der Waals surface area contributed by atoms with Gasteiger partial charge in [-0.3, -0.25) is 0 Å². The molecular weight excluding hydrogens is 250 g/mol. The fourth-order valence-electron chi connectivity index (χ4n) is 1.53. The lowest BCUT2D eigenvalue weighted by atomic mass is 10.3. The Balaban J connectivity index is 2.26. The molecule has 0 aromatic carbocycles. The summed E-state index contributed by atoms with van der Waals surface area (Å²) in [5.74, 6) is 0.544. The molecule has 0 spiro atoms. The van der Waals surface area contributed by atoms with Crippen LogP contribution in [0.5, 0.6) is 0 Å². The second-order valence-electron chi connectivity index (χ2n) is 4.44. The number of hydrogen-bond acceptors (Lipinski definition) is 4. The zero-order valence-corrected chi connectivity index (χ0v) is 11.4. The number of rotatable bonds is 4. The highest BCUT2D eigenvalue weighted by Gasteiger charge is 2.06. The van der Waals surface area contributed by atoms with Crippen molar-refractivity contribution in [2.75, 3.05) is 0 Å².